The van der Waals surface area contributed by atoms with Crippen molar-refractivity contribution in [1.29, 1.82) is 0 Å². The average Bonchev–Trinajstić information content (AvgIpc) is 2.72. The van der Waals surface area contributed by atoms with E-state index in [0.717, 1.165) is 6.07 Å². The van der Waals surface area contributed by atoms with E-state index in [2.05, 4.69) is 5.10 Å². The van der Waals surface area contributed by atoms with Crippen LogP contribution in [0.4, 0.5) is 14.6 Å². The molecule has 0 radical (unpaired) electrons. The lowest BCUT2D eigenvalue weighted by Gasteiger charge is -2.12. The van der Waals surface area contributed by atoms with Gasteiger partial charge < -0.3 is 15.2 Å². The van der Waals surface area contributed by atoms with E-state index in [0.29, 0.717) is 0 Å². The number of hydrogen-bond acceptors (Lipinski definition) is 4. The quantitative estimate of drug-likeness (QED) is 0.925. The second-order valence-corrected chi connectivity index (χ2v) is 3.85. The Labute approximate surface area is 108 Å². The third-order valence-electron chi connectivity index (χ3n) is 2.83. The van der Waals surface area contributed by atoms with E-state index in [-0.39, 0.29) is 28.4 Å². The maximum absolute atomic E-state index is 14.2. The first-order valence-corrected chi connectivity index (χ1v) is 5.39. The largest absolute Gasteiger partial charge is 0.494 e. The Kier molecular flexibility index (Phi) is 3.28. The Morgan fingerprint density at radius 2 is 1.68 bits per heavy atom. The van der Waals surface area contributed by atoms with Gasteiger partial charge in [0.2, 0.25) is 0 Å². The van der Waals surface area contributed by atoms with Crippen LogP contribution in [0.15, 0.2) is 12.3 Å². The molecule has 2 N–H and O–H groups in total. The molecule has 0 bridgehead atoms. The summed E-state index contributed by atoms with van der Waals surface area (Å²) in [5.41, 5.74) is 5.57. The van der Waals surface area contributed by atoms with Gasteiger partial charge in [-0.2, -0.15) is 5.10 Å². The third-order valence-corrected chi connectivity index (χ3v) is 2.83. The summed E-state index contributed by atoms with van der Waals surface area (Å²) in [4.78, 5) is 0. The van der Waals surface area contributed by atoms with Crippen LogP contribution in [-0.2, 0) is 7.05 Å². The van der Waals surface area contributed by atoms with Crippen LogP contribution in [0.1, 0.15) is 0 Å². The average molecular weight is 269 g/mol. The van der Waals surface area contributed by atoms with E-state index < -0.39 is 11.6 Å². The lowest BCUT2D eigenvalue weighted by Crippen LogP contribution is -2.02. The summed E-state index contributed by atoms with van der Waals surface area (Å²) in [5, 5.41) is 3.86. The van der Waals surface area contributed by atoms with Crippen LogP contribution >= 0.6 is 0 Å². The zero-order chi connectivity index (χ0) is 14.2. The summed E-state index contributed by atoms with van der Waals surface area (Å²) in [6.07, 6.45) is 1.29. The number of anilines is 1. The first-order valence-electron chi connectivity index (χ1n) is 5.39. The molecule has 0 aliphatic carbocycles. The maximum Gasteiger partial charge on any atom is 0.176 e. The highest BCUT2D eigenvalue weighted by molar-refractivity contribution is 5.77. The van der Waals surface area contributed by atoms with Crippen molar-refractivity contribution in [3.8, 4) is 22.6 Å². The molecule has 0 aliphatic heterocycles. The molecule has 0 saturated heterocycles. The number of ether oxygens (including phenoxy) is 2. The summed E-state index contributed by atoms with van der Waals surface area (Å²) >= 11 is 0. The van der Waals surface area contributed by atoms with Crippen LogP contribution in [0.25, 0.3) is 11.1 Å². The van der Waals surface area contributed by atoms with Crippen LogP contribution in [0, 0.1) is 11.6 Å². The highest BCUT2D eigenvalue weighted by atomic mass is 19.1. The predicted octanol–water partition coefficient (Wildman–Crippen LogP) is 1.96. The summed E-state index contributed by atoms with van der Waals surface area (Å²) < 4.78 is 39.5. The topological polar surface area (TPSA) is 62.3 Å². The van der Waals surface area contributed by atoms with E-state index in [9.17, 15) is 8.78 Å². The van der Waals surface area contributed by atoms with E-state index in [1.807, 2.05) is 0 Å². The highest BCUT2D eigenvalue weighted by Gasteiger charge is 2.24. The monoisotopic (exact) mass is 269 g/mol. The van der Waals surface area contributed by atoms with Crippen LogP contribution in [0.5, 0.6) is 11.5 Å². The number of rotatable bonds is 3. The summed E-state index contributed by atoms with van der Waals surface area (Å²) in [7, 11) is 4.14. The van der Waals surface area contributed by atoms with Crippen molar-refractivity contribution in [2.45, 2.75) is 0 Å². The second-order valence-electron chi connectivity index (χ2n) is 3.85. The second kappa shape index (κ2) is 4.75. The fourth-order valence-electron chi connectivity index (χ4n) is 1.76. The Bertz CT molecular complexity index is 598. The summed E-state index contributed by atoms with van der Waals surface area (Å²) in [6.45, 7) is 0. The van der Waals surface area contributed by atoms with Gasteiger partial charge in [-0.1, -0.05) is 0 Å². The molecular formula is C12H13F2N3O2. The Balaban J connectivity index is 2.78. The molecule has 5 nitrogen and oxygen atoms in total. The van der Waals surface area contributed by atoms with Crippen molar-refractivity contribution in [3.05, 3.63) is 23.9 Å². The molecule has 0 fully saturated rings. The van der Waals surface area contributed by atoms with Gasteiger partial charge in [0, 0.05) is 18.7 Å². The number of nitrogen functional groups attached to an aromatic ring is 1. The normalized spacial score (nSPS) is 10.6. The minimum Gasteiger partial charge on any atom is -0.494 e. The van der Waals surface area contributed by atoms with E-state index >= 15 is 0 Å². The van der Waals surface area contributed by atoms with Crippen molar-refractivity contribution in [1.82, 2.24) is 9.78 Å². The first-order chi connectivity index (χ1) is 9.01. The van der Waals surface area contributed by atoms with Gasteiger partial charge in [0.15, 0.2) is 23.1 Å². The van der Waals surface area contributed by atoms with Gasteiger partial charge in [-0.25, -0.2) is 8.78 Å². The highest BCUT2D eigenvalue weighted by Crippen LogP contribution is 2.39. The lowest BCUT2D eigenvalue weighted by atomic mass is 10.1. The molecule has 0 aliphatic rings. The standard InChI is InChI=1S/C12H13F2N3O2/c1-17-12(15)6(5-16-17)9-10(13)7(18-2)4-8(19-3)11(9)14/h4-5H,15H2,1-3H3. The minimum absolute atomic E-state index is 0.128. The van der Waals surface area contributed by atoms with Crippen LogP contribution in [-0.4, -0.2) is 24.0 Å². The molecule has 2 rings (SSSR count). The molecular weight excluding hydrogens is 256 g/mol. The molecule has 0 amide bonds. The zero-order valence-corrected chi connectivity index (χ0v) is 10.7. The number of methoxy groups -OCH3 is 2. The van der Waals surface area contributed by atoms with Crippen molar-refractivity contribution in [2.75, 3.05) is 20.0 Å². The van der Waals surface area contributed by atoms with E-state index in [4.69, 9.17) is 15.2 Å². The van der Waals surface area contributed by atoms with Crippen molar-refractivity contribution in [3.63, 3.8) is 0 Å². The molecule has 102 valence electrons. The first kappa shape index (κ1) is 13.1. The van der Waals surface area contributed by atoms with E-state index in [1.54, 1.807) is 7.05 Å². The molecule has 7 heteroatoms. The molecule has 0 spiro atoms. The van der Waals surface area contributed by atoms with Crippen LogP contribution in [0.2, 0.25) is 0 Å². The maximum atomic E-state index is 14.2. The van der Waals surface area contributed by atoms with Gasteiger partial charge >= 0.3 is 0 Å². The molecule has 1 heterocycles. The minimum atomic E-state index is -0.847. The summed E-state index contributed by atoms with van der Waals surface area (Å²) in [5.74, 6) is -1.80. The van der Waals surface area contributed by atoms with Gasteiger partial charge in [0.1, 0.15) is 5.82 Å². The van der Waals surface area contributed by atoms with Crippen molar-refractivity contribution >= 4 is 5.82 Å². The summed E-state index contributed by atoms with van der Waals surface area (Å²) in [6, 6.07) is 1.14. The fraction of sp³-hybridized carbons (Fsp3) is 0.250. The number of halogens is 2. The van der Waals surface area contributed by atoms with Crippen LogP contribution in [0.3, 0.4) is 0 Å². The van der Waals surface area contributed by atoms with Gasteiger partial charge in [-0.05, 0) is 0 Å². The number of aromatic nitrogens is 2. The lowest BCUT2D eigenvalue weighted by molar-refractivity contribution is 0.360. The molecule has 0 atom stereocenters. The number of nitrogens with two attached hydrogens (primary N) is 1. The Hall–Kier alpha value is -2.31. The van der Waals surface area contributed by atoms with Gasteiger partial charge in [0.25, 0.3) is 0 Å². The molecule has 1 aromatic carbocycles. The number of hydrogen-bond donors (Lipinski definition) is 1. The Morgan fingerprint density at radius 3 is 2.05 bits per heavy atom. The Morgan fingerprint density at radius 1 is 1.16 bits per heavy atom. The third kappa shape index (κ3) is 1.96. The molecule has 2 aromatic rings. The van der Waals surface area contributed by atoms with Gasteiger partial charge in [0.05, 0.1) is 26.0 Å². The van der Waals surface area contributed by atoms with Crippen LogP contribution < -0.4 is 15.2 Å². The van der Waals surface area contributed by atoms with Crippen molar-refractivity contribution < 1.29 is 18.3 Å². The smallest absolute Gasteiger partial charge is 0.176 e. The number of benzene rings is 1. The molecule has 19 heavy (non-hydrogen) atoms. The molecule has 0 unspecified atom stereocenters. The zero-order valence-electron chi connectivity index (χ0n) is 10.7. The van der Waals surface area contributed by atoms with Gasteiger partial charge in [-0.3, -0.25) is 4.68 Å². The predicted molar refractivity (Wildman–Crippen MR) is 66.1 cm³/mol. The van der Waals surface area contributed by atoms with Gasteiger partial charge in [-0.15, -0.1) is 0 Å². The van der Waals surface area contributed by atoms with E-state index in [1.165, 1.54) is 25.1 Å². The number of nitrogens with zero attached hydrogens (tertiary/aromatic N) is 2. The fourth-order valence-corrected chi connectivity index (χ4v) is 1.76. The molecule has 0 saturated carbocycles. The SMILES string of the molecule is COc1cc(OC)c(F)c(-c2cnn(C)c2N)c1F. The molecule has 1 aromatic heterocycles. The van der Waals surface area contributed by atoms with Crippen molar-refractivity contribution in [2.24, 2.45) is 7.05 Å². The number of aryl methyl sites for hydroxylation is 1.